The summed E-state index contributed by atoms with van der Waals surface area (Å²) >= 11 is 1.67. The van der Waals surface area contributed by atoms with E-state index in [1.807, 2.05) is 0 Å². The predicted molar refractivity (Wildman–Crippen MR) is 86.0 cm³/mol. The summed E-state index contributed by atoms with van der Waals surface area (Å²) in [5.74, 6) is 0.652. The Hall–Kier alpha value is -0.260. The minimum absolute atomic E-state index is 0.119. The number of rotatable bonds is 7. The number of nitrogens with one attached hydrogen (secondary N) is 1. The number of nitrogens with two attached hydrogens (primary N) is 1. The fraction of sp³-hybridized carbons (Fsp3) is 0.933. The van der Waals surface area contributed by atoms with Crippen molar-refractivity contribution in [2.45, 2.75) is 69.8 Å². The molecule has 0 heterocycles. The van der Waals surface area contributed by atoms with Crippen molar-refractivity contribution < 1.29 is 9.53 Å². The van der Waals surface area contributed by atoms with Gasteiger partial charge in [0, 0.05) is 23.9 Å². The summed E-state index contributed by atoms with van der Waals surface area (Å²) in [5, 5.41) is 2.94. The summed E-state index contributed by atoms with van der Waals surface area (Å²) in [6, 6.07) is 0.370. The van der Waals surface area contributed by atoms with Gasteiger partial charge in [-0.2, -0.15) is 0 Å². The Labute approximate surface area is 127 Å². The lowest BCUT2D eigenvalue weighted by molar-refractivity contribution is -0.118. The number of carbonyl (C=O) groups is 1. The molecule has 0 bridgehead atoms. The Morgan fingerprint density at radius 2 is 1.95 bits per heavy atom. The maximum atomic E-state index is 11.6. The summed E-state index contributed by atoms with van der Waals surface area (Å²) in [6.07, 6.45) is 5.57. The maximum Gasteiger partial charge on any atom is 0.230 e. The molecule has 118 valence electrons. The lowest BCUT2D eigenvalue weighted by atomic mass is 9.94. The highest BCUT2D eigenvalue weighted by Crippen LogP contribution is 2.22. The molecular formula is C15H30N2O2S. The zero-order valence-corrected chi connectivity index (χ0v) is 13.9. The van der Waals surface area contributed by atoms with Crippen LogP contribution in [0, 0.1) is 0 Å². The van der Waals surface area contributed by atoms with Gasteiger partial charge < -0.3 is 15.8 Å². The zero-order chi connectivity index (χ0) is 15.0. The quantitative estimate of drug-likeness (QED) is 0.708. The van der Waals surface area contributed by atoms with Gasteiger partial charge in [-0.1, -0.05) is 20.8 Å². The minimum atomic E-state index is 0.119. The largest absolute Gasteiger partial charge is 0.378 e. The lowest BCUT2D eigenvalue weighted by Gasteiger charge is -2.26. The van der Waals surface area contributed by atoms with Gasteiger partial charge in [0.25, 0.3) is 0 Å². The molecule has 1 amide bonds. The van der Waals surface area contributed by atoms with Crippen LogP contribution in [-0.4, -0.2) is 41.7 Å². The van der Waals surface area contributed by atoms with Crippen LogP contribution < -0.4 is 11.1 Å². The molecule has 0 atom stereocenters. The third-order valence-electron chi connectivity index (χ3n) is 3.35. The lowest BCUT2D eigenvalue weighted by Crippen LogP contribution is -2.31. The number of carbonyl (C=O) groups excluding carboxylic acids is 1. The molecule has 3 N–H and O–H groups in total. The molecule has 0 aromatic heterocycles. The van der Waals surface area contributed by atoms with Gasteiger partial charge in [0.2, 0.25) is 5.91 Å². The van der Waals surface area contributed by atoms with Crippen molar-refractivity contribution in [1.82, 2.24) is 5.32 Å². The first-order chi connectivity index (χ1) is 9.37. The molecular weight excluding hydrogens is 272 g/mol. The van der Waals surface area contributed by atoms with E-state index in [0.29, 0.717) is 24.4 Å². The van der Waals surface area contributed by atoms with Crippen LogP contribution in [0.15, 0.2) is 0 Å². The van der Waals surface area contributed by atoms with E-state index < -0.39 is 0 Å². The first-order valence-corrected chi connectivity index (χ1v) is 8.63. The Kier molecular flexibility index (Phi) is 7.92. The average molecular weight is 302 g/mol. The summed E-state index contributed by atoms with van der Waals surface area (Å²) in [4.78, 5) is 11.6. The first kappa shape index (κ1) is 17.8. The number of amides is 1. The molecule has 0 unspecified atom stereocenters. The summed E-state index contributed by atoms with van der Waals surface area (Å²) in [5.41, 5.74) is 5.86. The van der Waals surface area contributed by atoms with E-state index in [4.69, 9.17) is 10.5 Å². The predicted octanol–water partition coefficient (Wildman–Crippen LogP) is 2.31. The van der Waals surface area contributed by atoms with Crippen molar-refractivity contribution >= 4 is 17.7 Å². The third kappa shape index (κ3) is 8.82. The van der Waals surface area contributed by atoms with Gasteiger partial charge in [-0.25, -0.2) is 0 Å². The van der Waals surface area contributed by atoms with E-state index in [1.165, 1.54) is 0 Å². The van der Waals surface area contributed by atoms with E-state index in [2.05, 4.69) is 26.1 Å². The zero-order valence-electron chi connectivity index (χ0n) is 13.1. The second-order valence-electron chi connectivity index (χ2n) is 6.51. The summed E-state index contributed by atoms with van der Waals surface area (Å²) < 4.78 is 5.96. The van der Waals surface area contributed by atoms with Crippen LogP contribution in [0.4, 0.5) is 0 Å². The van der Waals surface area contributed by atoms with E-state index >= 15 is 0 Å². The van der Waals surface area contributed by atoms with Gasteiger partial charge in [-0.15, -0.1) is 11.8 Å². The van der Waals surface area contributed by atoms with Crippen LogP contribution in [0.2, 0.25) is 0 Å². The van der Waals surface area contributed by atoms with Crippen LogP contribution in [0.25, 0.3) is 0 Å². The van der Waals surface area contributed by atoms with Crippen LogP contribution >= 0.6 is 11.8 Å². The summed E-state index contributed by atoms with van der Waals surface area (Å²) in [7, 11) is 0. The van der Waals surface area contributed by atoms with Crippen molar-refractivity contribution in [3.63, 3.8) is 0 Å². The van der Waals surface area contributed by atoms with E-state index in [0.717, 1.165) is 38.7 Å². The molecule has 1 aliphatic carbocycles. The van der Waals surface area contributed by atoms with Crippen molar-refractivity contribution in [3.8, 4) is 0 Å². The smallest absolute Gasteiger partial charge is 0.230 e. The number of thioether (sulfide) groups is 1. The molecule has 5 heteroatoms. The van der Waals surface area contributed by atoms with Gasteiger partial charge in [0.15, 0.2) is 0 Å². The van der Waals surface area contributed by atoms with Crippen LogP contribution in [0.1, 0.15) is 52.9 Å². The van der Waals surface area contributed by atoms with Crippen molar-refractivity contribution in [2.75, 3.05) is 18.9 Å². The Bertz CT molecular complexity index is 284. The fourth-order valence-corrected chi connectivity index (χ4v) is 2.80. The van der Waals surface area contributed by atoms with Gasteiger partial charge in [0.05, 0.1) is 11.9 Å². The highest BCUT2D eigenvalue weighted by molar-refractivity contribution is 8.01. The van der Waals surface area contributed by atoms with Crippen molar-refractivity contribution in [2.24, 2.45) is 5.73 Å². The highest BCUT2D eigenvalue weighted by atomic mass is 32.2. The Morgan fingerprint density at radius 3 is 2.55 bits per heavy atom. The van der Waals surface area contributed by atoms with E-state index in [-0.39, 0.29) is 10.7 Å². The topological polar surface area (TPSA) is 64.3 Å². The van der Waals surface area contributed by atoms with Crippen molar-refractivity contribution in [1.29, 1.82) is 0 Å². The standard InChI is InChI=1S/C15H30N2O2S/c1-15(2,3)20-11-14(18)17-9-4-10-19-13-7-5-12(16)6-8-13/h12-13H,4-11,16H2,1-3H3,(H,17,18). The Balaban J connectivity index is 1.95. The molecule has 0 aromatic rings. The van der Waals surface area contributed by atoms with Crippen LogP contribution in [0.3, 0.4) is 0 Å². The van der Waals surface area contributed by atoms with Crippen LogP contribution in [-0.2, 0) is 9.53 Å². The van der Waals surface area contributed by atoms with Gasteiger partial charge in [-0.05, 0) is 32.1 Å². The number of hydrogen-bond donors (Lipinski definition) is 2. The van der Waals surface area contributed by atoms with Gasteiger partial charge >= 0.3 is 0 Å². The summed E-state index contributed by atoms with van der Waals surface area (Å²) in [6.45, 7) is 7.79. The molecule has 1 rings (SSSR count). The van der Waals surface area contributed by atoms with E-state index in [9.17, 15) is 4.79 Å². The third-order valence-corrected chi connectivity index (χ3v) is 4.62. The molecule has 4 nitrogen and oxygen atoms in total. The second kappa shape index (κ2) is 8.90. The number of ether oxygens (including phenoxy) is 1. The molecule has 1 fully saturated rings. The molecule has 20 heavy (non-hydrogen) atoms. The highest BCUT2D eigenvalue weighted by Gasteiger charge is 2.18. The molecule has 0 saturated heterocycles. The molecule has 0 spiro atoms. The molecule has 1 saturated carbocycles. The minimum Gasteiger partial charge on any atom is -0.378 e. The Morgan fingerprint density at radius 1 is 1.30 bits per heavy atom. The molecule has 0 radical (unpaired) electrons. The monoisotopic (exact) mass is 302 g/mol. The van der Waals surface area contributed by atoms with E-state index in [1.54, 1.807) is 11.8 Å². The van der Waals surface area contributed by atoms with Crippen molar-refractivity contribution in [3.05, 3.63) is 0 Å². The van der Waals surface area contributed by atoms with Gasteiger partial charge in [0.1, 0.15) is 0 Å². The molecule has 0 aliphatic heterocycles. The molecule has 0 aromatic carbocycles. The SMILES string of the molecule is CC(C)(C)SCC(=O)NCCCOC1CCC(N)CC1. The average Bonchev–Trinajstić information content (AvgIpc) is 2.37. The maximum absolute atomic E-state index is 11.6. The normalized spacial score (nSPS) is 23.6. The van der Waals surface area contributed by atoms with Gasteiger partial charge in [-0.3, -0.25) is 4.79 Å². The molecule has 1 aliphatic rings. The second-order valence-corrected chi connectivity index (χ2v) is 8.31. The van der Waals surface area contributed by atoms with Crippen LogP contribution in [0.5, 0.6) is 0 Å². The number of hydrogen-bond acceptors (Lipinski definition) is 4. The fourth-order valence-electron chi connectivity index (χ4n) is 2.14. The first-order valence-electron chi connectivity index (χ1n) is 7.64.